The summed E-state index contributed by atoms with van der Waals surface area (Å²) in [5.41, 5.74) is 4.53. The Morgan fingerprint density at radius 2 is 1.74 bits per heavy atom. The average Bonchev–Trinajstić information content (AvgIpc) is 2.81. The first kappa shape index (κ1) is 25.7. The maximum Gasteiger partial charge on any atom is 0.255 e. The minimum absolute atomic E-state index is 0.0673. The molecule has 0 aliphatic rings. The molecule has 0 spiro atoms. The first-order valence-corrected chi connectivity index (χ1v) is 12.4. The lowest BCUT2D eigenvalue weighted by atomic mass is 10.2. The standard InChI is InChI=1S/C24H23Cl2N3O4S/c1-17-3-11-22(12-4-17)34(31,32)29(15-19-7-8-20(25)13-23(19)26)16-24(30)28-27-14-18-5-9-21(33-2)10-6-18/h3-14H,15-16H2,1-2H3,(H,28,30)/b27-14-. The molecular weight excluding hydrogens is 497 g/mol. The first-order chi connectivity index (χ1) is 16.2. The highest BCUT2D eigenvalue weighted by Gasteiger charge is 2.27. The van der Waals surface area contributed by atoms with Gasteiger partial charge in [-0.2, -0.15) is 9.41 Å². The first-order valence-electron chi connectivity index (χ1n) is 10.2. The highest BCUT2D eigenvalue weighted by Crippen LogP contribution is 2.25. The van der Waals surface area contributed by atoms with Crippen LogP contribution >= 0.6 is 23.2 Å². The Morgan fingerprint density at radius 3 is 2.35 bits per heavy atom. The number of carbonyl (C=O) groups excluding carboxylic acids is 1. The van der Waals surface area contributed by atoms with Crippen molar-refractivity contribution in [2.45, 2.75) is 18.4 Å². The number of sulfonamides is 1. The molecule has 3 rings (SSSR count). The quantitative estimate of drug-likeness (QED) is 0.329. The number of aryl methyl sites for hydroxylation is 1. The molecule has 0 saturated carbocycles. The number of nitrogens with zero attached hydrogens (tertiary/aromatic N) is 2. The van der Waals surface area contributed by atoms with Crippen LogP contribution in [-0.2, 0) is 21.4 Å². The molecule has 178 valence electrons. The van der Waals surface area contributed by atoms with E-state index in [2.05, 4.69) is 10.5 Å². The number of carbonyl (C=O) groups is 1. The zero-order valence-electron chi connectivity index (χ0n) is 18.5. The van der Waals surface area contributed by atoms with E-state index < -0.39 is 22.5 Å². The van der Waals surface area contributed by atoms with Crippen LogP contribution in [0, 0.1) is 6.92 Å². The van der Waals surface area contributed by atoms with Gasteiger partial charge in [0.05, 0.1) is 24.8 Å². The van der Waals surface area contributed by atoms with E-state index in [1.807, 2.05) is 6.92 Å². The van der Waals surface area contributed by atoms with E-state index in [0.29, 0.717) is 21.4 Å². The van der Waals surface area contributed by atoms with Gasteiger partial charge >= 0.3 is 0 Å². The topological polar surface area (TPSA) is 88.1 Å². The highest BCUT2D eigenvalue weighted by atomic mass is 35.5. The predicted octanol–water partition coefficient (Wildman–Crippen LogP) is 4.65. The van der Waals surface area contributed by atoms with Crippen molar-refractivity contribution in [3.63, 3.8) is 0 Å². The van der Waals surface area contributed by atoms with Crippen molar-refractivity contribution in [1.82, 2.24) is 9.73 Å². The maximum absolute atomic E-state index is 13.3. The summed E-state index contributed by atoms with van der Waals surface area (Å²) in [6.45, 7) is 1.27. The fraction of sp³-hybridized carbons (Fsp3) is 0.167. The van der Waals surface area contributed by atoms with Crippen molar-refractivity contribution >= 4 is 45.3 Å². The monoisotopic (exact) mass is 519 g/mol. The Labute approximate surface area is 209 Å². The third-order valence-corrected chi connectivity index (χ3v) is 7.25. The summed E-state index contributed by atoms with van der Waals surface area (Å²) >= 11 is 12.2. The molecule has 0 bridgehead atoms. The van der Waals surface area contributed by atoms with E-state index in [1.165, 1.54) is 24.4 Å². The minimum atomic E-state index is -4.01. The summed E-state index contributed by atoms with van der Waals surface area (Å²) < 4.78 is 32.8. The second-order valence-electron chi connectivity index (χ2n) is 7.39. The lowest BCUT2D eigenvalue weighted by Gasteiger charge is -2.22. The van der Waals surface area contributed by atoms with E-state index in [-0.39, 0.29) is 11.4 Å². The molecule has 0 aliphatic carbocycles. The van der Waals surface area contributed by atoms with E-state index in [1.54, 1.807) is 55.6 Å². The molecule has 1 amide bonds. The van der Waals surface area contributed by atoms with E-state index in [0.717, 1.165) is 15.4 Å². The second kappa shape index (κ2) is 11.5. The molecule has 0 aromatic heterocycles. The number of benzene rings is 3. The van der Waals surface area contributed by atoms with Gasteiger partial charge in [-0.1, -0.05) is 47.0 Å². The fourth-order valence-corrected chi connectivity index (χ4v) is 4.83. The lowest BCUT2D eigenvalue weighted by Crippen LogP contribution is -2.39. The molecule has 0 heterocycles. The molecule has 3 aromatic rings. The number of halogens is 2. The summed E-state index contributed by atoms with van der Waals surface area (Å²) in [5, 5.41) is 4.65. The minimum Gasteiger partial charge on any atom is -0.497 e. The molecule has 0 atom stereocenters. The average molecular weight is 520 g/mol. The van der Waals surface area contributed by atoms with Gasteiger partial charge in [-0.3, -0.25) is 4.79 Å². The second-order valence-corrected chi connectivity index (χ2v) is 10.2. The predicted molar refractivity (Wildman–Crippen MR) is 134 cm³/mol. The van der Waals surface area contributed by atoms with Crippen molar-refractivity contribution in [2.75, 3.05) is 13.7 Å². The zero-order chi connectivity index (χ0) is 24.7. The van der Waals surface area contributed by atoms with Gasteiger partial charge in [0.15, 0.2) is 0 Å². The molecule has 7 nitrogen and oxygen atoms in total. The highest BCUT2D eigenvalue weighted by molar-refractivity contribution is 7.89. The van der Waals surface area contributed by atoms with Crippen molar-refractivity contribution in [3.05, 3.63) is 93.5 Å². The van der Waals surface area contributed by atoms with Crippen molar-refractivity contribution in [2.24, 2.45) is 5.10 Å². The molecule has 0 saturated heterocycles. The fourth-order valence-electron chi connectivity index (χ4n) is 2.99. The third kappa shape index (κ3) is 6.80. The van der Waals surface area contributed by atoms with Gasteiger partial charge in [0.1, 0.15) is 5.75 Å². The van der Waals surface area contributed by atoms with Crippen LogP contribution < -0.4 is 10.2 Å². The van der Waals surface area contributed by atoms with Crippen molar-refractivity contribution in [1.29, 1.82) is 0 Å². The van der Waals surface area contributed by atoms with Crippen LogP contribution in [-0.4, -0.2) is 38.5 Å². The zero-order valence-corrected chi connectivity index (χ0v) is 20.9. The Balaban J connectivity index is 1.80. The van der Waals surface area contributed by atoms with Crippen LogP contribution in [0.5, 0.6) is 5.75 Å². The molecule has 0 unspecified atom stereocenters. The van der Waals surface area contributed by atoms with Crippen LogP contribution in [0.1, 0.15) is 16.7 Å². The van der Waals surface area contributed by atoms with Gasteiger partial charge in [-0.15, -0.1) is 0 Å². The number of hydrazone groups is 1. The van der Waals surface area contributed by atoms with E-state index in [4.69, 9.17) is 27.9 Å². The van der Waals surface area contributed by atoms with Gasteiger partial charge in [0, 0.05) is 16.6 Å². The van der Waals surface area contributed by atoms with Crippen molar-refractivity contribution in [3.8, 4) is 5.75 Å². The summed E-state index contributed by atoms with van der Waals surface area (Å²) in [4.78, 5) is 12.7. The van der Waals surface area contributed by atoms with E-state index >= 15 is 0 Å². The van der Waals surface area contributed by atoms with Gasteiger partial charge in [0.25, 0.3) is 5.91 Å². The van der Waals surface area contributed by atoms with Gasteiger partial charge < -0.3 is 4.74 Å². The smallest absolute Gasteiger partial charge is 0.255 e. The number of rotatable bonds is 9. The Morgan fingerprint density at radius 1 is 1.06 bits per heavy atom. The summed E-state index contributed by atoms with van der Waals surface area (Å²) in [6, 6.07) is 18.2. The Hall–Kier alpha value is -2.91. The molecular formula is C24H23Cl2N3O4S. The number of amides is 1. The molecule has 0 fully saturated rings. The molecule has 34 heavy (non-hydrogen) atoms. The number of methoxy groups -OCH3 is 1. The van der Waals surface area contributed by atoms with Crippen molar-refractivity contribution < 1.29 is 17.9 Å². The van der Waals surface area contributed by atoms with Crippen LogP contribution in [0.15, 0.2) is 76.7 Å². The van der Waals surface area contributed by atoms with Crippen LogP contribution in [0.2, 0.25) is 10.0 Å². The SMILES string of the molecule is COc1ccc(/C=N\NC(=O)CN(Cc2ccc(Cl)cc2Cl)S(=O)(=O)c2ccc(C)cc2)cc1. The van der Waals surface area contributed by atoms with Gasteiger partial charge in [-0.05, 0) is 66.6 Å². The lowest BCUT2D eigenvalue weighted by molar-refractivity contribution is -0.121. The summed E-state index contributed by atoms with van der Waals surface area (Å²) in [5.74, 6) is 0.0875. The number of hydrogen-bond acceptors (Lipinski definition) is 5. The number of ether oxygens (including phenoxy) is 1. The Kier molecular flexibility index (Phi) is 8.68. The van der Waals surface area contributed by atoms with Crippen LogP contribution in [0.3, 0.4) is 0 Å². The van der Waals surface area contributed by atoms with Crippen LogP contribution in [0.25, 0.3) is 0 Å². The normalized spacial score (nSPS) is 11.7. The van der Waals surface area contributed by atoms with Gasteiger partial charge in [-0.25, -0.2) is 13.8 Å². The van der Waals surface area contributed by atoms with E-state index in [9.17, 15) is 13.2 Å². The number of nitrogens with one attached hydrogen (secondary N) is 1. The number of hydrogen-bond donors (Lipinski definition) is 1. The largest absolute Gasteiger partial charge is 0.497 e. The Bertz CT molecular complexity index is 1280. The third-order valence-electron chi connectivity index (χ3n) is 4.86. The summed E-state index contributed by atoms with van der Waals surface area (Å²) in [7, 11) is -2.44. The maximum atomic E-state index is 13.3. The molecule has 3 aromatic carbocycles. The summed E-state index contributed by atoms with van der Waals surface area (Å²) in [6.07, 6.45) is 1.45. The molecule has 0 radical (unpaired) electrons. The molecule has 1 N–H and O–H groups in total. The molecule has 10 heteroatoms. The van der Waals surface area contributed by atoms with Crippen LogP contribution in [0.4, 0.5) is 0 Å². The van der Waals surface area contributed by atoms with Gasteiger partial charge in [0.2, 0.25) is 10.0 Å². The molecule has 0 aliphatic heterocycles.